The lowest BCUT2D eigenvalue weighted by molar-refractivity contribution is 0.102. The molecular formula is C21H25NO2. The summed E-state index contributed by atoms with van der Waals surface area (Å²) >= 11 is 0. The SMILES string of the molecule is COc1ccc(NC(=O)c2ccc(/C(C)=C/C(C)(C)C)cc2)cc1. The molecule has 1 amide bonds. The number of carbonyl (C=O) groups excluding carboxylic acids is 1. The molecule has 0 saturated carbocycles. The van der Waals surface area contributed by atoms with E-state index in [0.29, 0.717) is 5.56 Å². The highest BCUT2D eigenvalue weighted by atomic mass is 16.5. The fraction of sp³-hybridized carbons (Fsp3) is 0.286. The van der Waals surface area contributed by atoms with Crippen LogP contribution in [0.25, 0.3) is 5.57 Å². The van der Waals surface area contributed by atoms with E-state index in [1.165, 1.54) is 5.57 Å². The normalized spacial score (nSPS) is 12.0. The third-order valence-electron chi connectivity index (χ3n) is 3.60. The lowest BCUT2D eigenvalue weighted by Crippen LogP contribution is -2.11. The van der Waals surface area contributed by atoms with Crippen molar-refractivity contribution in [3.8, 4) is 5.75 Å². The van der Waals surface area contributed by atoms with Crippen LogP contribution in [0.4, 0.5) is 5.69 Å². The summed E-state index contributed by atoms with van der Waals surface area (Å²) in [5.41, 5.74) is 3.86. The fourth-order valence-corrected chi connectivity index (χ4v) is 2.49. The van der Waals surface area contributed by atoms with Gasteiger partial charge in [0.2, 0.25) is 0 Å². The van der Waals surface area contributed by atoms with Crippen LogP contribution in [0.2, 0.25) is 0 Å². The van der Waals surface area contributed by atoms with Gasteiger partial charge in [0, 0.05) is 11.3 Å². The van der Waals surface area contributed by atoms with E-state index in [-0.39, 0.29) is 11.3 Å². The van der Waals surface area contributed by atoms with E-state index in [2.05, 4.69) is 39.1 Å². The number of anilines is 1. The Morgan fingerprint density at radius 2 is 1.50 bits per heavy atom. The first-order chi connectivity index (χ1) is 11.3. The first kappa shape index (κ1) is 17.8. The van der Waals surface area contributed by atoms with E-state index in [0.717, 1.165) is 17.0 Å². The molecule has 0 unspecified atom stereocenters. The molecule has 0 aliphatic carbocycles. The second kappa shape index (κ2) is 7.35. The molecule has 0 aliphatic heterocycles. The summed E-state index contributed by atoms with van der Waals surface area (Å²) in [6.45, 7) is 8.62. The lowest BCUT2D eigenvalue weighted by Gasteiger charge is -2.14. The maximum Gasteiger partial charge on any atom is 0.255 e. The number of carbonyl (C=O) groups is 1. The van der Waals surface area contributed by atoms with Crippen LogP contribution >= 0.6 is 0 Å². The maximum atomic E-state index is 12.3. The summed E-state index contributed by atoms with van der Waals surface area (Å²) in [6.07, 6.45) is 2.24. The number of ether oxygens (including phenoxy) is 1. The number of hydrogen-bond donors (Lipinski definition) is 1. The Kier molecular flexibility index (Phi) is 5.45. The van der Waals surface area contributed by atoms with Crippen molar-refractivity contribution in [1.29, 1.82) is 0 Å². The van der Waals surface area contributed by atoms with Gasteiger partial charge in [0.05, 0.1) is 7.11 Å². The topological polar surface area (TPSA) is 38.3 Å². The van der Waals surface area contributed by atoms with Gasteiger partial charge in [0.15, 0.2) is 0 Å². The lowest BCUT2D eigenvalue weighted by atomic mass is 9.91. The van der Waals surface area contributed by atoms with Crippen molar-refractivity contribution >= 4 is 17.2 Å². The van der Waals surface area contributed by atoms with Gasteiger partial charge in [-0.2, -0.15) is 0 Å². The van der Waals surface area contributed by atoms with Crippen molar-refractivity contribution in [2.75, 3.05) is 12.4 Å². The van der Waals surface area contributed by atoms with E-state index < -0.39 is 0 Å². The minimum absolute atomic E-state index is 0.121. The van der Waals surface area contributed by atoms with E-state index >= 15 is 0 Å². The summed E-state index contributed by atoms with van der Waals surface area (Å²) < 4.78 is 5.11. The third kappa shape index (κ3) is 4.98. The van der Waals surface area contributed by atoms with Crippen LogP contribution in [0.15, 0.2) is 54.6 Å². The average molecular weight is 323 g/mol. The summed E-state index contributed by atoms with van der Waals surface area (Å²) in [7, 11) is 1.62. The van der Waals surface area contributed by atoms with Crippen LogP contribution in [-0.2, 0) is 0 Å². The molecule has 0 saturated heterocycles. The number of nitrogens with one attached hydrogen (secondary N) is 1. The Bertz CT molecular complexity index is 720. The van der Waals surface area contributed by atoms with E-state index in [4.69, 9.17) is 4.74 Å². The van der Waals surface area contributed by atoms with Gasteiger partial charge in [-0.05, 0) is 59.9 Å². The molecule has 3 nitrogen and oxygen atoms in total. The van der Waals surface area contributed by atoms with Gasteiger partial charge in [0.1, 0.15) is 5.75 Å². The molecule has 0 bridgehead atoms. The Balaban J connectivity index is 2.09. The molecule has 0 radical (unpaired) electrons. The first-order valence-corrected chi connectivity index (χ1v) is 8.04. The van der Waals surface area contributed by atoms with E-state index in [9.17, 15) is 4.79 Å². The quantitative estimate of drug-likeness (QED) is 0.818. The number of hydrogen-bond acceptors (Lipinski definition) is 2. The van der Waals surface area contributed by atoms with Gasteiger partial charge >= 0.3 is 0 Å². The summed E-state index contributed by atoms with van der Waals surface area (Å²) in [6, 6.07) is 15.0. The Labute approximate surface area is 144 Å². The Morgan fingerprint density at radius 3 is 2.00 bits per heavy atom. The van der Waals surface area contributed by atoms with Crippen molar-refractivity contribution in [2.45, 2.75) is 27.7 Å². The second-order valence-corrected chi connectivity index (χ2v) is 6.95. The zero-order chi connectivity index (χ0) is 17.7. The van der Waals surface area contributed by atoms with Crippen molar-refractivity contribution in [1.82, 2.24) is 0 Å². The highest BCUT2D eigenvalue weighted by molar-refractivity contribution is 6.04. The molecule has 0 atom stereocenters. The zero-order valence-electron chi connectivity index (χ0n) is 15.0. The first-order valence-electron chi connectivity index (χ1n) is 8.04. The monoisotopic (exact) mass is 323 g/mol. The minimum Gasteiger partial charge on any atom is -0.497 e. The number of allylic oxidation sites excluding steroid dienone is 2. The fourth-order valence-electron chi connectivity index (χ4n) is 2.49. The molecule has 0 heterocycles. The highest BCUT2D eigenvalue weighted by Crippen LogP contribution is 2.24. The Hall–Kier alpha value is -2.55. The van der Waals surface area contributed by atoms with Crippen molar-refractivity contribution in [3.05, 3.63) is 65.7 Å². The molecule has 2 aromatic carbocycles. The summed E-state index contributed by atoms with van der Waals surface area (Å²) in [4.78, 5) is 12.3. The van der Waals surface area contributed by atoms with Gasteiger partial charge in [0.25, 0.3) is 5.91 Å². The zero-order valence-corrected chi connectivity index (χ0v) is 15.0. The minimum atomic E-state index is -0.121. The third-order valence-corrected chi connectivity index (χ3v) is 3.60. The average Bonchev–Trinajstić information content (AvgIpc) is 2.54. The second-order valence-electron chi connectivity index (χ2n) is 6.95. The molecule has 1 N–H and O–H groups in total. The summed E-state index contributed by atoms with van der Waals surface area (Å²) in [5.74, 6) is 0.641. The molecule has 126 valence electrons. The van der Waals surface area contributed by atoms with Crippen LogP contribution in [-0.4, -0.2) is 13.0 Å². The van der Waals surface area contributed by atoms with Gasteiger partial charge in [-0.3, -0.25) is 4.79 Å². The molecule has 24 heavy (non-hydrogen) atoms. The van der Waals surface area contributed by atoms with Crippen LogP contribution < -0.4 is 10.1 Å². The standard InChI is InChI=1S/C21H25NO2/c1-15(14-21(2,3)4)16-6-8-17(9-7-16)20(23)22-18-10-12-19(24-5)13-11-18/h6-14H,1-5H3,(H,22,23)/b15-14+. The molecular weight excluding hydrogens is 298 g/mol. The number of methoxy groups -OCH3 is 1. The molecule has 0 aromatic heterocycles. The molecule has 0 aliphatic rings. The Morgan fingerprint density at radius 1 is 0.958 bits per heavy atom. The molecule has 3 heteroatoms. The number of amides is 1. The van der Waals surface area contributed by atoms with Crippen LogP contribution in [0.3, 0.4) is 0 Å². The highest BCUT2D eigenvalue weighted by Gasteiger charge is 2.09. The summed E-state index contributed by atoms with van der Waals surface area (Å²) in [5, 5.41) is 2.89. The molecule has 0 fully saturated rings. The maximum absolute atomic E-state index is 12.3. The van der Waals surface area contributed by atoms with Crippen LogP contribution in [0.5, 0.6) is 5.75 Å². The van der Waals surface area contributed by atoms with E-state index in [1.807, 2.05) is 48.5 Å². The number of rotatable bonds is 4. The van der Waals surface area contributed by atoms with Crippen molar-refractivity contribution in [2.24, 2.45) is 5.41 Å². The van der Waals surface area contributed by atoms with Gasteiger partial charge in [-0.15, -0.1) is 0 Å². The predicted molar refractivity (Wildman–Crippen MR) is 100 cm³/mol. The molecule has 0 spiro atoms. The van der Waals surface area contributed by atoms with Crippen molar-refractivity contribution in [3.63, 3.8) is 0 Å². The molecule has 2 aromatic rings. The van der Waals surface area contributed by atoms with Gasteiger partial charge in [-0.1, -0.05) is 39.0 Å². The molecule has 2 rings (SSSR count). The van der Waals surface area contributed by atoms with Crippen molar-refractivity contribution < 1.29 is 9.53 Å². The van der Waals surface area contributed by atoms with E-state index in [1.54, 1.807) is 7.11 Å². The largest absolute Gasteiger partial charge is 0.497 e. The van der Waals surface area contributed by atoms with Crippen LogP contribution in [0, 0.1) is 5.41 Å². The predicted octanol–water partition coefficient (Wildman–Crippen LogP) is 5.40. The number of benzene rings is 2. The van der Waals surface area contributed by atoms with Gasteiger partial charge in [-0.25, -0.2) is 0 Å². The smallest absolute Gasteiger partial charge is 0.255 e. The van der Waals surface area contributed by atoms with Gasteiger partial charge < -0.3 is 10.1 Å². The van der Waals surface area contributed by atoms with Crippen LogP contribution in [0.1, 0.15) is 43.6 Å².